The van der Waals surface area contributed by atoms with Crippen molar-refractivity contribution in [3.8, 4) is 17.2 Å². The Morgan fingerprint density at radius 1 is 1.17 bits per heavy atom. The molecule has 126 valence electrons. The lowest BCUT2D eigenvalue weighted by atomic mass is 10.0. The zero-order valence-corrected chi connectivity index (χ0v) is 14.3. The Bertz CT molecular complexity index is 583. The van der Waals surface area contributed by atoms with Crippen molar-refractivity contribution in [3.05, 3.63) is 23.8 Å². The van der Waals surface area contributed by atoms with Crippen LogP contribution in [0, 0.1) is 5.92 Å². The van der Waals surface area contributed by atoms with Gasteiger partial charge >= 0.3 is 0 Å². The number of nitrogens with zero attached hydrogens (tertiary/aromatic N) is 1. The van der Waals surface area contributed by atoms with E-state index >= 15 is 0 Å². The number of amides is 1. The van der Waals surface area contributed by atoms with Gasteiger partial charge < -0.3 is 19.1 Å². The van der Waals surface area contributed by atoms with Crippen LogP contribution in [0.25, 0.3) is 6.08 Å². The number of benzene rings is 1. The third kappa shape index (κ3) is 3.97. The molecular weight excluding hydrogens is 294 g/mol. The first-order valence-electron chi connectivity index (χ1n) is 7.86. The zero-order valence-electron chi connectivity index (χ0n) is 14.3. The summed E-state index contributed by atoms with van der Waals surface area (Å²) in [6.07, 6.45) is 5.63. The van der Waals surface area contributed by atoms with E-state index in [1.807, 2.05) is 11.0 Å². The van der Waals surface area contributed by atoms with Gasteiger partial charge in [0.25, 0.3) is 0 Å². The van der Waals surface area contributed by atoms with Crippen LogP contribution in [0.5, 0.6) is 17.2 Å². The third-order valence-corrected chi connectivity index (χ3v) is 4.11. The molecule has 0 aromatic heterocycles. The van der Waals surface area contributed by atoms with Crippen molar-refractivity contribution < 1.29 is 19.0 Å². The van der Waals surface area contributed by atoms with Crippen LogP contribution in [-0.2, 0) is 4.79 Å². The number of ether oxygens (including phenoxy) is 3. The Labute approximate surface area is 137 Å². The first-order valence-corrected chi connectivity index (χ1v) is 7.86. The highest BCUT2D eigenvalue weighted by Crippen LogP contribution is 2.40. The number of hydrogen-bond donors (Lipinski definition) is 0. The molecule has 1 aromatic rings. The van der Waals surface area contributed by atoms with Gasteiger partial charge in [-0.1, -0.05) is 6.92 Å². The molecule has 23 heavy (non-hydrogen) atoms. The van der Waals surface area contributed by atoms with Crippen LogP contribution in [0.2, 0.25) is 0 Å². The molecule has 1 aliphatic heterocycles. The van der Waals surface area contributed by atoms with Crippen molar-refractivity contribution in [2.24, 2.45) is 5.92 Å². The molecule has 5 nitrogen and oxygen atoms in total. The fraction of sp³-hybridized carbons (Fsp3) is 0.500. The highest BCUT2D eigenvalue weighted by atomic mass is 16.5. The molecular formula is C18H25NO4. The smallest absolute Gasteiger partial charge is 0.246 e. The van der Waals surface area contributed by atoms with E-state index in [1.54, 1.807) is 39.5 Å². The summed E-state index contributed by atoms with van der Waals surface area (Å²) in [4.78, 5) is 14.2. The van der Waals surface area contributed by atoms with Gasteiger partial charge in [0, 0.05) is 24.7 Å². The molecule has 0 radical (unpaired) electrons. The molecule has 1 heterocycles. The maximum Gasteiger partial charge on any atom is 0.246 e. The van der Waals surface area contributed by atoms with E-state index in [4.69, 9.17) is 14.2 Å². The summed E-state index contributed by atoms with van der Waals surface area (Å²) in [5.41, 5.74) is 0.781. The van der Waals surface area contributed by atoms with E-state index in [2.05, 4.69) is 6.92 Å². The number of hydrogen-bond acceptors (Lipinski definition) is 4. The predicted octanol–water partition coefficient (Wildman–Crippen LogP) is 2.98. The molecule has 5 heteroatoms. The highest BCUT2D eigenvalue weighted by Gasteiger charge is 2.19. The lowest BCUT2D eigenvalue weighted by Gasteiger charge is -2.30. The highest BCUT2D eigenvalue weighted by molar-refractivity contribution is 5.92. The molecule has 0 bridgehead atoms. The second-order valence-corrected chi connectivity index (χ2v) is 5.79. The van der Waals surface area contributed by atoms with Crippen molar-refractivity contribution in [2.75, 3.05) is 34.4 Å². The van der Waals surface area contributed by atoms with E-state index in [0.717, 1.165) is 25.1 Å². The minimum atomic E-state index is 0.0355. The van der Waals surface area contributed by atoms with Crippen molar-refractivity contribution in [1.29, 1.82) is 0 Å². The molecule has 0 aliphatic carbocycles. The van der Waals surface area contributed by atoms with Gasteiger partial charge in [-0.25, -0.2) is 0 Å². The van der Waals surface area contributed by atoms with E-state index in [9.17, 15) is 4.79 Å². The Balaban J connectivity index is 2.20. The fourth-order valence-corrected chi connectivity index (χ4v) is 2.91. The Kier molecular flexibility index (Phi) is 5.90. The predicted molar refractivity (Wildman–Crippen MR) is 90.1 cm³/mol. The second-order valence-electron chi connectivity index (χ2n) is 5.79. The van der Waals surface area contributed by atoms with E-state index in [0.29, 0.717) is 23.2 Å². The van der Waals surface area contributed by atoms with Gasteiger partial charge in [-0.2, -0.15) is 0 Å². The summed E-state index contributed by atoms with van der Waals surface area (Å²) in [5, 5.41) is 0. The average Bonchev–Trinajstić information content (AvgIpc) is 2.58. The van der Waals surface area contributed by atoms with Crippen LogP contribution in [0.3, 0.4) is 0 Å². The van der Waals surface area contributed by atoms with Crippen LogP contribution >= 0.6 is 0 Å². The van der Waals surface area contributed by atoms with Crippen molar-refractivity contribution in [1.82, 2.24) is 4.90 Å². The summed E-state index contributed by atoms with van der Waals surface area (Å²) < 4.78 is 16.0. The van der Waals surface area contributed by atoms with Crippen LogP contribution in [-0.4, -0.2) is 45.2 Å². The van der Waals surface area contributed by atoms with Gasteiger partial charge in [-0.05, 0) is 37.0 Å². The number of carbonyl (C=O) groups is 1. The first-order chi connectivity index (χ1) is 11.1. The Hall–Kier alpha value is -2.17. The van der Waals surface area contributed by atoms with E-state index < -0.39 is 0 Å². The number of rotatable bonds is 5. The quantitative estimate of drug-likeness (QED) is 0.783. The summed E-state index contributed by atoms with van der Waals surface area (Å²) in [7, 11) is 4.71. The first kappa shape index (κ1) is 17.2. The maximum absolute atomic E-state index is 12.3. The average molecular weight is 319 g/mol. The molecule has 1 aliphatic rings. The molecule has 1 amide bonds. The fourth-order valence-electron chi connectivity index (χ4n) is 2.91. The summed E-state index contributed by atoms with van der Waals surface area (Å²) in [6, 6.07) is 3.65. The van der Waals surface area contributed by atoms with E-state index in [-0.39, 0.29) is 5.91 Å². The Morgan fingerprint density at radius 3 is 2.52 bits per heavy atom. The van der Waals surface area contributed by atoms with E-state index in [1.165, 1.54) is 6.42 Å². The minimum Gasteiger partial charge on any atom is -0.493 e. The lowest BCUT2D eigenvalue weighted by Crippen LogP contribution is -2.38. The third-order valence-electron chi connectivity index (χ3n) is 4.11. The monoisotopic (exact) mass is 319 g/mol. The van der Waals surface area contributed by atoms with Crippen molar-refractivity contribution in [3.63, 3.8) is 0 Å². The maximum atomic E-state index is 12.3. The van der Waals surface area contributed by atoms with Gasteiger partial charge in [-0.15, -0.1) is 0 Å². The largest absolute Gasteiger partial charge is 0.493 e. The molecule has 2 rings (SSSR count). The SMILES string of the molecule is COc1ccc(/C=C/C(=O)N2CCC[C@H](C)C2)c(OC)c1OC. The molecule has 1 fully saturated rings. The van der Waals surface area contributed by atoms with Gasteiger partial charge in [0.15, 0.2) is 11.5 Å². The Morgan fingerprint density at radius 2 is 1.91 bits per heavy atom. The molecule has 0 unspecified atom stereocenters. The molecule has 1 saturated heterocycles. The summed E-state index contributed by atoms with van der Waals surface area (Å²) >= 11 is 0. The number of methoxy groups -OCH3 is 3. The van der Waals surface area contributed by atoms with Crippen LogP contribution in [0.15, 0.2) is 18.2 Å². The normalized spacial score (nSPS) is 18.1. The number of piperidine rings is 1. The summed E-state index contributed by atoms with van der Waals surface area (Å²) in [6.45, 7) is 3.84. The topological polar surface area (TPSA) is 48.0 Å². The molecule has 0 spiro atoms. The zero-order chi connectivity index (χ0) is 16.8. The van der Waals surface area contributed by atoms with Crippen LogP contribution in [0.4, 0.5) is 0 Å². The van der Waals surface area contributed by atoms with Gasteiger partial charge in [0.2, 0.25) is 11.7 Å². The molecule has 1 aromatic carbocycles. The number of carbonyl (C=O) groups excluding carboxylic acids is 1. The standard InChI is InChI=1S/C18H25NO4/c1-13-6-5-11-19(12-13)16(20)10-8-14-7-9-15(21-2)18(23-4)17(14)22-3/h7-10,13H,5-6,11-12H2,1-4H3/b10-8+/t13-/m0/s1. The van der Waals surface area contributed by atoms with Gasteiger partial charge in [-0.3, -0.25) is 4.79 Å². The molecule has 1 atom stereocenters. The van der Waals surface area contributed by atoms with Crippen LogP contribution < -0.4 is 14.2 Å². The van der Waals surface area contributed by atoms with Gasteiger partial charge in [0.05, 0.1) is 21.3 Å². The van der Waals surface area contributed by atoms with Gasteiger partial charge in [0.1, 0.15) is 0 Å². The molecule has 0 saturated carbocycles. The number of likely N-dealkylation sites (tertiary alicyclic amines) is 1. The minimum absolute atomic E-state index is 0.0355. The summed E-state index contributed by atoms with van der Waals surface area (Å²) in [5.74, 6) is 2.28. The van der Waals surface area contributed by atoms with Crippen LogP contribution in [0.1, 0.15) is 25.3 Å². The lowest BCUT2D eigenvalue weighted by molar-refractivity contribution is -0.127. The second kappa shape index (κ2) is 7.90. The van der Waals surface area contributed by atoms with Crippen molar-refractivity contribution in [2.45, 2.75) is 19.8 Å². The molecule has 0 N–H and O–H groups in total. The van der Waals surface area contributed by atoms with Crippen molar-refractivity contribution >= 4 is 12.0 Å².